The second kappa shape index (κ2) is 12.9. The van der Waals surface area contributed by atoms with E-state index in [1.165, 1.54) is 12.1 Å². The first-order valence-electron chi connectivity index (χ1n) is 13.3. The standard InChI is InChI=1S/C31H33F3O4/c1-3-5-18-37-22-10-6-20(7-11-22)25-16-17-26(30(34)29(25)33)21-8-12-23(13-9-21)38-31(35)27-15-14-24(36-4-2)19-28(27)32/h6-7,10-11,14-17,19,21,23H,3-5,8-9,12-13,18H2,1-2H3. The van der Waals surface area contributed by atoms with Gasteiger partial charge < -0.3 is 14.2 Å². The van der Waals surface area contributed by atoms with E-state index in [1.54, 1.807) is 43.3 Å². The van der Waals surface area contributed by atoms with Gasteiger partial charge in [-0.1, -0.05) is 37.6 Å². The van der Waals surface area contributed by atoms with Gasteiger partial charge in [-0.3, -0.25) is 0 Å². The summed E-state index contributed by atoms with van der Waals surface area (Å²) in [6.07, 6.45) is 3.61. The van der Waals surface area contributed by atoms with Crippen molar-refractivity contribution in [3.8, 4) is 22.6 Å². The highest BCUT2D eigenvalue weighted by atomic mass is 19.2. The molecule has 1 aliphatic carbocycles. The van der Waals surface area contributed by atoms with Gasteiger partial charge in [0.15, 0.2) is 11.6 Å². The molecular formula is C31H33F3O4. The largest absolute Gasteiger partial charge is 0.494 e. The molecule has 4 rings (SSSR count). The number of carbonyl (C=O) groups is 1. The van der Waals surface area contributed by atoms with E-state index in [9.17, 15) is 9.18 Å². The monoisotopic (exact) mass is 526 g/mol. The van der Waals surface area contributed by atoms with Crippen LogP contribution in [0.4, 0.5) is 13.2 Å². The van der Waals surface area contributed by atoms with E-state index in [-0.39, 0.29) is 17.0 Å². The Bertz CT molecular complexity index is 1230. The van der Waals surface area contributed by atoms with E-state index in [1.807, 2.05) is 0 Å². The first-order chi connectivity index (χ1) is 18.4. The number of benzene rings is 3. The van der Waals surface area contributed by atoms with Crippen LogP contribution in [0, 0.1) is 17.5 Å². The van der Waals surface area contributed by atoms with Gasteiger partial charge in [0.05, 0.1) is 18.8 Å². The minimum Gasteiger partial charge on any atom is -0.494 e. The summed E-state index contributed by atoms with van der Waals surface area (Å²) in [4.78, 5) is 12.5. The highest BCUT2D eigenvalue weighted by Crippen LogP contribution is 2.38. The van der Waals surface area contributed by atoms with Crippen LogP contribution >= 0.6 is 0 Å². The number of rotatable bonds is 10. The molecule has 0 bridgehead atoms. The number of halogens is 3. The third-order valence-electron chi connectivity index (χ3n) is 6.90. The number of hydrogen-bond acceptors (Lipinski definition) is 4. The van der Waals surface area contributed by atoms with Gasteiger partial charge in [0.1, 0.15) is 23.4 Å². The van der Waals surface area contributed by atoms with E-state index in [4.69, 9.17) is 14.2 Å². The summed E-state index contributed by atoms with van der Waals surface area (Å²) < 4.78 is 60.9. The van der Waals surface area contributed by atoms with E-state index in [0.717, 1.165) is 18.9 Å². The predicted molar refractivity (Wildman–Crippen MR) is 140 cm³/mol. The van der Waals surface area contributed by atoms with Gasteiger partial charge in [0, 0.05) is 11.6 Å². The van der Waals surface area contributed by atoms with E-state index >= 15 is 8.78 Å². The maximum absolute atomic E-state index is 15.1. The molecule has 0 aromatic heterocycles. The molecule has 0 amide bonds. The maximum atomic E-state index is 15.1. The molecule has 3 aromatic rings. The third-order valence-corrected chi connectivity index (χ3v) is 6.90. The van der Waals surface area contributed by atoms with Crippen LogP contribution in [0.1, 0.15) is 74.2 Å². The van der Waals surface area contributed by atoms with Gasteiger partial charge >= 0.3 is 5.97 Å². The molecule has 1 aliphatic rings. The van der Waals surface area contributed by atoms with Crippen molar-refractivity contribution >= 4 is 5.97 Å². The van der Waals surface area contributed by atoms with Crippen molar-refractivity contribution < 1.29 is 32.2 Å². The van der Waals surface area contributed by atoms with Crippen molar-refractivity contribution in [3.05, 3.63) is 83.2 Å². The first-order valence-corrected chi connectivity index (χ1v) is 13.3. The van der Waals surface area contributed by atoms with Crippen LogP contribution in [0.5, 0.6) is 11.5 Å². The molecular weight excluding hydrogens is 493 g/mol. The fraction of sp³-hybridized carbons (Fsp3) is 0.387. The van der Waals surface area contributed by atoms with Crippen LogP contribution in [0.15, 0.2) is 54.6 Å². The van der Waals surface area contributed by atoms with Crippen molar-refractivity contribution in [1.82, 2.24) is 0 Å². The predicted octanol–water partition coefficient (Wildman–Crippen LogP) is 8.23. The molecule has 7 heteroatoms. The molecule has 3 aromatic carbocycles. The summed E-state index contributed by atoms with van der Waals surface area (Å²) in [5.74, 6) is -2.31. The zero-order valence-corrected chi connectivity index (χ0v) is 21.8. The molecule has 1 saturated carbocycles. The lowest BCUT2D eigenvalue weighted by molar-refractivity contribution is 0.0189. The number of unbranched alkanes of at least 4 members (excludes halogenated alkanes) is 1. The van der Waals surface area contributed by atoms with Gasteiger partial charge in [-0.15, -0.1) is 0 Å². The van der Waals surface area contributed by atoms with Crippen LogP contribution in [0.25, 0.3) is 11.1 Å². The SMILES string of the molecule is CCCCOc1ccc(-c2ccc(C3CCC(OC(=O)c4ccc(OCC)cc4F)CC3)c(F)c2F)cc1. The molecule has 0 aliphatic heterocycles. The minimum absolute atomic E-state index is 0.153. The van der Waals surface area contributed by atoms with Gasteiger partial charge in [-0.2, -0.15) is 0 Å². The van der Waals surface area contributed by atoms with E-state index in [0.29, 0.717) is 61.5 Å². The van der Waals surface area contributed by atoms with Crippen LogP contribution in [0.3, 0.4) is 0 Å². The molecule has 0 atom stereocenters. The van der Waals surface area contributed by atoms with E-state index in [2.05, 4.69) is 6.92 Å². The maximum Gasteiger partial charge on any atom is 0.341 e. The molecule has 4 nitrogen and oxygen atoms in total. The second-order valence-electron chi connectivity index (χ2n) is 9.51. The number of esters is 1. The lowest BCUT2D eigenvalue weighted by atomic mass is 9.82. The zero-order chi connectivity index (χ0) is 27.1. The van der Waals surface area contributed by atoms with E-state index < -0.39 is 29.5 Å². The van der Waals surface area contributed by atoms with Crippen molar-refractivity contribution in [3.63, 3.8) is 0 Å². The topological polar surface area (TPSA) is 44.8 Å². The quantitative estimate of drug-likeness (QED) is 0.197. The summed E-state index contributed by atoms with van der Waals surface area (Å²) >= 11 is 0. The zero-order valence-electron chi connectivity index (χ0n) is 21.8. The summed E-state index contributed by atoms with van der Waals surface area (Å²) in [6, 6.07) is 14.3. The molecule has 38 heavy (non-hydrogen) atoms. The third kappa shape index (κ3) is 6.50. The van der Waals surface area contributed by atoms with Gasteiger partial charge in [-0.05, 0) is 80.3 Å². The summed E-state index contributed by atoms with van der Waals surface area (Å²) in [5.41, 5.74) is 0.951. The van der Waals surface area contributed by atoms with Crippen LogP contribution < -0.4 is 9.47 Å². The van der Waals surface area contributed by atoms with Crippen molar-refractivity contribution in [2.75, 3.05) is 13.2 Å². The molecule has 0 heterocycles. The summed E-state index contributed by atoms with van der Waals surface area (Å²) in [6.45, 7) is 4.88. The Kier molecular flexibility index (Phi) is 9.32. The Morgan fingerprint density at radius 2 is 1.55 bits per heavy atom. The molecule has 0 radical (unpaired) electrons. The van der Waals surface area contributed by atoms with Crippen molar-refractivity contribution in [1.29, 1.82) is 0 Å². The Labute approximate surface area is 221 Å². The Morgan fingerprint density at radius 3 is 2.21 bits per heavy atom. The minimum atomic E-state index is -0.873. The molecule has 0 spiro atoms. The van der Waals surface area contributed by atoms with Gasteiger partial charge in [0.2, 0.25) is 0 Å². The number of ether oxygens (including phenoxy) is 3. The first kappa shape index (κ1) is 27.6. The van der Waals surface area contributed by atoms with Crippen LogP contribution in [-0.2, 0) is 4.74 Å². The Hall–Kier alpha value is -3.48. The average molecular weight is 527 g/mol. The molecule has 0 saturated heterocycles. The lowest BCUT2D eigenvalue weighted by Crippen LogP contribution is -2.24. The van der Waals surface area contributed by atoms with Gasteiger partial charge in [0.25, 0.3) is 0 Å². The van der Waals surface area contributed by atoms with Gasteiger partial charge in [-0.25, -0.2) is 18.0 Å². The fourth-order valence-electron chi connectivity index (χ4n) is 4.79. The normalized spacial score (nSPS) is 17.2. The highest BCUT2D eigenvalue weighted by molar-refractivity contribution is 5.90. The molecule has 1 fully saturated rings. The summed E-state index contributed by atoms with van der Waals surface area (Å²) in [7, 11) is 0. The van der Waals surface area contributed by atoms with Crippen LogP contribution in [0.2, 0.25) is 0 Å². The fourth-order valence-corrected chi connectivity index (χ4v) is 4.79. The average Bonchev–Trinajstić information content (AvgIpc) is 2.92. The van der Waals surface area contributed by atoms with Crippen molar-refractivity contribution in [2.45, 2.75) is 64.4 Å². The Balaban J connectivity index is 1.36. The van der Waals surface area contributed by atoms with Crippen LogP contribution in [-0.4, -0.2) is 25.3 Å². The second-order valence-corrected chi connectivity index (χ2v) is 9.51. The highest BCUT2D eigenvalue weighted by Gasteiger charge is 2.29. The molecule has 0 N–H and O–H groups in total. The summed E-state index contributed by atoms with van der Waals surface area (Å²) in [5, 5.41) is 0. The lowest BCUT2D eigenvalue weighted by Gasteiger charge is -2.29. The molecule has 202 valence electrons. The number of carbonyl (C=O) groups excluding carboxylic acids is 1. The van der Waals surface area contributed by atoms with Crippen molar-refractivity contribution in [2.24, 2.45) is 0 Å². The Morgan fingerprint density at radius 1 is 0.842 bits per heavy atom. The molecule has 0 unspecified atom stereocenters. The smallest absolute Gasteiger partial charge is 0.341 e. The number of hydrogen-bond donors (Lipinski definition) is 0.